The third-order valence-corrected chi connectivity index (χ3v) is 3.56. The molecule has 1 heterocycles. The van der Waals surface area contributed by atoms with E-state index in [4.69, 9.17) is 0 Å². The van der Waals surface area contributed by atoms with Crippen LogP contribution in [0.5, 0.6) is 0 Å². The van der Waals surface area contributed by atoms with Crippen LogP contribution in [0.2, 0.25) is 0 Å². The molecule has 78 valence electrons. The second kappa shape index (κ2) is 3.99. The van der Waals surface area contributed by atoms with Crippen LogP contribution in [-0.4, -0.2) is 4.98 Å². The number of hydrogen-bond acceptors (Lipinski definition) is 1. The van der Waals surface area contributed by atoms with Gasteiger partial charge in [0.25, 0.3) is 0 Å². The molecule has 1 nitrogen and oxygen atoms in total. The van der Waals surface area contributed by atoms with E-state index in [0.717, 1.165) is 0 Å². The van der Waals surface area contributed by atoms with Crippen LogP contribution in [-0.2, 0) is 0 Å². The van der Waals surface area contributed by atoms with Crippen molar-refractivity contribution in [3.8, 4) is 0 Å². The van der Waals surface area contributed by atoms with Gasteiger partial charge in [0.05, 0.1) is 10.2 Å². The minimum Gasteiger partial charge on any atom is -0.360 e. The SMILES string of the molecule is c1ccc2csc3ccccc3[nH]cc2c1. The first kappa shape index (κ1) is 9.43. The van der Waals surface area contributed by atoms with Gasteiger partial charge in [0.15, 0.2) is 0 Å². The van der Waals surface area contributed by atoms with Gasteiger partial charge in [0.1, 0.15) is 0 Å². The highest BCUT2D eigenvalue weighted by atomic mass is 32.1. The van der Waals surface area contributed by atoms with Gasteiger partial charge >= 0.3 is 0 Å². The number of H-pyrrole nitrogens is 1. The predicted molar refractivity (Wildman–Crippen MR) is 71.3 cm³/mol. The average Bonchev–Trinajstić information content (AvgIpc) is 2.32. The molecule has 0 aliphatic rings. The number of benzene rings is 2. The van der Waals surface area contributed by atoms with Gasteiger partial charge in [-0.3, -0.25) is 0 Å². The van der Waals surface area contributed by atoms with E-state index in [1.54, 1.807) is 11.3 Å². The van der Waals surface area contributed by atoms with Crippen LogP contribution in [0.3, 0.4) is 0 Å². The van der Waals surface area contributed by atoms with E-state index in [-0.39, 0.29) is 0 Å². The van der Waals surface area contributed by atoms with Gasteiger partial charge in [-0.2, -0.15) is 0 Å². The van der Waals surface area contributed by atoms with Crippen molar-refractivity contribution in [2.75, 3.05) is 0 Å². The van der Waals surface area contributed by atoms with Crippen LogP contribution >= 0.6 is 11.3 Å². The zero-order chi connectivity index (χ0) is 10.8. The highest BCUT2D eigenvalue weighted by molar-refractivity contribution is 7.16. The van der Waals surface area contributed by atoms with Gasteiger partial charge in [-0.25, -0.2) is 0 Å². The first-order chi connectivity index (χ1) is 7.93. The summed E-state index contributed by atoms with van der Waals surface area (Å²) in [5.74, 6) is 0. The summed E-state index contributed by atoms with van der Waals surface area (Å²) >= 11 is 1.76. The quantitative estimate of drug-likeness (QED) is 0.579. The molecule has 0 saturated carbocycles. The Labute approximate surface area is 97.7 Å². The van der Waals surface area contributed by atoms with E-state index in [9.17, 15) is 0 Å². The number of nitrogens with one attached hydrogen (secondary N) is 1. The fraction of sp³-hybridized carbons (Fsp3) is 0. The summed E-state index contributed by atoms with van der Waals surface area (Å²) in [6.45, 7) is 0. The molecule has 16 heavy (non-hydrogen) atoms. The number of aromatic nitrogens is 1. The summed E-state index contributed by atoms with van der Waals surface area (Å²) in [6, 6.07) is 16.7. The van der Waals surface area contributed by atoms with Crippen molar-refractivity contribution in [3.63, 3.8) is 0 Å². The largest absolute Gasteiger partial charge is 0.360 e. The smallest absolute Gasteiger partial charge is 0.0555 e. The van der Waals surface area contributed by atoms with Crippen molar-refractivity contribution in [1.82, 2.24) is 4.98 Å². The normalized spacial score (nSPS) is 10.5. The Kier molecular flexibility index (Phi) is 2.35. The van der Waals surface area contributed by atoms with Crippen LogP contribution in [0.4, 0.5) is 0 Å². The number of aromatic amines is 1. The maximum atomic E-state index is 3.36. The molecule has 0 bridgehead atoms. The lowest BCUT2D eigenvalue weighted by Gasteiger charge is -1.96. The van der Waals surface area contributed by atoms with Gasteiger partial charge in [-0.05, 0) is 28.3 Å². The molecule has 0 radical (unpaired) electrons. The lowest BCUT2D eigenvalue weighted by atomic mass is 10.2. The molecular weight excluding hydrogens is 214 g/mol. The van der Waals surface area contributed by atoms with Crippen molar-refractivity contribution < 1.29 is 0 Å². The number of para-hydroxylation sites is 1. The first-order valence-electron chi connectivity index (χ1n) is 5.21. The minimum absolute atomic E-state index is 1.17. The Morgan fingerprint density at radius 1 is 0.812 bits per heavy atom. The van der Waals surface area contributed by atoms with Crippen molar-refractivity contribution in [2.24, 2.45) is 0 Å². The third-order valence-electron chi connectivity index (χ3n) is 2.58. The average molecular weight is 225 g/mol. The molecule has 1 N–H and O–H groups in total. The Morgan fingerprint density at radius 2 is 1.56 bits per heavy atom. The summed E-state index contributed by atoms with van der Waals surface area (Å²) < 4.78 is 1.26. The lowest BCUT2D eigenvalue weighted by molar-refractivity contribution is 1.46. The van der Waals surface area contributed by atoms with Gasteiger partial charge in [0, 0.05) is 6.20 Å². The van der Waals surface area contributed by atoms with Crippen LogP contribution < -0.4 is 0 Å². The van der Waals surface area contributed by atoms with Crippen molar-refractivity contribution >= 4 is 32.3 Å². The highest BCUT2D eigenvalue weighted by Crippen LogP contribution is 2.18. The third kappa shape index (κ3) is 1.68. The molecular formula is C14H11NS. The summed E-state index contributed by atoms with van der Waals surface area (Å²) in [4.78, 5) is 3.36. The highest BCUT2D eigenvalue weighted by Gasteiger charge is 1.90. The molecule has 0 atom stereocenters. The number of hydrogen-bond donors (Lipinski definition) is 1. The second-order valence-corrected chi connectivity index (χ2v) is 4.56. The fourth-order valence-corrected chi connectivity index (χ4v) is 2.60. The van der Waals surface area contributed by atoms with E-state index >= 15 is 0 Å². The Balaban J connectivity index is 2.45. The van der Waals surface area contributed by atoms with E-state index in [1.165, 1.54) is 21.0 Å². The zero-order valence-electron chi connectivity index (χ0n) is 8.68. The van der Waals surface area contributed by atoms with Crippen LogP contribution in [0.25, 0.3) is 21.0 Å². The summed E-state index contributed by atoms with van der Waals surface area (Å²) in [5, 5.41) is 4.69. The van der Waals surface area contributed by atoms with E-state index in [2.05, 4.69) is 59.0 Å². The molecule has 0 spiro atoms. The molecule has 2 heteroatoms. The molecule has 0 fully saturated rings. The van der Waals surface area contributed by atoms with Crippen molar-refractivity contribution in [3.05, 3.63) is 60.1 Å². The molecule has 1 aromatic heterocycles. The van der Waals surface area contributed by atoms with Crippen LogP contribution in [0, 0.1) is 0 Å². The van der Waals surface area contributed by atoms with Crippen molar-refractivity contribution in [1.29, 1.82) is 0 Å². The lowest BCUT2D eigenvalue weighted by Crippen LogP contribution is -1.73. The molecule has 2 aromatic carbocycles. The Hall–Kier alpha value is -1.80. The summed E-state index contributed by atoms with van der Waals surface area (Å²) in [7, 11) is 0. The molecule has 3 aromatic rings. The van der Waals surface area contributed by atoms with E-state index in [0.29, 0.717) is 0 Å². The standard InChI is InChI=1S/C14H11NS/c1-2-6-12-10-16-14-8-4-3-7-13(14)15-9-11(12)5-1/h1-10,15H. The first-order valence-corrected chi connectivity index (χ1v) is 6.09. The van der Waals surface area contributed by atoms with E-state index < -0.39 is 0 Å². The molecule has 0 aliphatic heterocycles. The van der Waals surface area contributed by atoms with E-state index in [1.807, 2.05) is 6.07 Å². The summed E-state index contributed by atoms with van der Waals surface area (Å²) in [6.07, 6.45) is 2.06. The molecule has 0 amide bonds. The monoisotopic (exact) mass is 225 g/mol. The molecule has 0 aliphatic carbocycles. The Bertz CT molecular complexity index is 558. The van der Waals surface area contributed by atoms with Gasteiger partial charge in [0.2, 0.25) is 0 Å². The minimum atomic E-state index is 1.17. The van der Waals surface area contributed by atoms with Gasteiger partial charge in [-0.1, -0.05) is 36.4 Å². The molecule has 0 saturated heterocycles. The maximum absolute atomic E-state index is 3.36. The Morgan fingerprint density at radius 3 is 2.50 bits per heavy atom. The topological polar surface area (TPSA) is 15.8 Å². The molecule has 0 unspecified atom stereocenters. The van der Waals surface area contributed by atoms with Crippen LogP contribution in [0.1, 0.15) is 0 Å². The summed E-state index contributed by atoms with van der Waals surface area (Å²) in [5.41, 5.74) is 1.17. The number of rotatable bonds is 0. The maximum Gasteiger partial charge on any atom is 0.0555 e. The fourth-order valence-electron chi connectivity index (χ4n) is 1.72. The van der Waals surface area contributed by atoms with Crippen LogP contribution in [0.15, 0.2) is 60.1 Å². The number of fused-ring (bicyclic) bond motifs is 2. The second-order valence-electron chi connectivity index (χ2n) is 3.65. The van der Waals surface area contributed by atoms with Gasteiger partial charge < -0.3 is 4.98 Å². The zero-order valence-corrected chi connectivity index (χ0v) is 9.50. The predicted octanol–water partition coefficient (Wildman–Crippen LogP) is 4.51. The van der Waals surface area contributed by atoms with Crippen molar-refractivity contribution in [2.45, 2.75) is 0 Å². The molecule has 3 rings (SSSR count). The van der Waals surface area contributed by atoms with Gasteiger partial charge in [-0.15, -0.1) is 11.3 Å².